The molecular formula is C43H73O12P. The number of carbonyl (C=O) groups excluding carboxylic acids is 2. The molecule has 0 amide bonds. The molecule has 0 bridgehead atoms. The maximum absolute atomic E-state index is 12.6. The van der Waals surface area contributed by atoms with Crippen molar-refractivity contribution >= 4 is 19.8 Å². The summed E-state index contributed by atoms with van der Waals surface area (Å²) in [6.07, 6.45) is 32.4. The van der Waals surface area contributed by atoms with Crippen LogP contribution in [0.3, 0.4) is 0 Å². The molecule has 13 heteroatoms. The number of hydrogen-bond donors (Lipinski definition) is 5. The van der Waals surface area contributed by atoms with Crippen molar-refractivity contribution < 1.29 is 58.0 Å². The van der Waals surface area contributed by atoms with Gasteiger partial charge in [-0.2, -0.15) is 0 Å². The summed E-state index contributed by atoms with van der Waals surface area (Å²) in [7, 11) is -4.67. The highest BCUT2D eigenvalue weighted by Crippen LogP contribution is 2.43. The SMILES string of the molecule is CC/C=C\C[C@H](O)/C=C/C=C\C=C\[C@H](O)C/C=C\C/C=C\CCC(=O)O[C@H](COC(=O)CCCCCCCCCCC(C)CC)COP(=O)(O)OC[C@@H](O)CO. The van der Waals surface area contributed by atoms with E-state index in [-0.39, 0.29) is 19.4 Å². The lowest BCUT2D eigenvalue weighted by atomic mass is 9.99. The van der Waals surface area contributed by atoms with Crippen LogP contribution in [0.5, 0.6) is 0 Å². The molecule has 0 aliphatic rings. The lowest BCUT2D eigenvalue weighted by Gasteiger charge is -2.20. The number of carbonyl (C=O) groups is 2. The zero-order valence-electron chi connectivity index (χ0n) is 34.2. The van der Waals surface area contributed by atoms with Gasteiger partial charge in [0.1, 0.15) is 12.7 Å². The average molecular weight is 813 g/mol. The smallest absolute Gasteiger partial charge is 0.462 e. The Kier molecular flexibility index (Phi) is 34.9. The number of esters is 2. The van der Waals surface area contributed by atoms with Gasteiger partial charge in [0.2, 0.25) is 0 Å². The third-order valence-electron chi connectivity index (χ3n) is 8.60. The number of allylic oxidation sites excluding steroid dienone is 8. The average Bonchev–Trinajstić information content (AvgIpc) is 3.17. The minimum atomic E-state index is -4.67. The lowest BCUT2D eigenvalue weighted by Crippen LogP contribution is -2.29. The van der Waals surface area contributed by atoms with Gasteiger partial charge in [0.15, 0.2) is 6.10 Å². The second-order valence-corrected chi connectivity index (χ2v) is 15.4. The van der Waals surface area contributed by atoms with Gasteiger partial charge in [-0.25, -0.2) is 4.57 Å². The van der Waals surface area contributed by atoms with Crippen molar-refractivity contribution in [2.45, 2.75) is 154 Å². The van der Waals surface area contributed by atoms with Gasteiger partial charge in [0.05, 0.1) is 32.0 Å². The molecule has 6 atom stereocenters. The minimum Gasteiger partial charge on any atom is -0.462 e. The normalized spacial score (nSPS) is 16.4. The highest BCUT2D eigenvalue weighted by Gasteiger charge is 2.27. The fraction of sp³-hybridized carbons (Fsp3) is 0.674. The maximum Gasteiger partial charge on any atom is 0.472 e. The monoisotopic (exact) mass is 812 g/mol. The molecule has 0 saturated carbocycles. The van der Waals surface area contributed by atoms with E-state index in [1.165, 1.54) is 38.5 Å². The number of ether oxygens (including phenoxy) is 2. The van der Waals surface area contributed by atoms with E-state index in [1.54, 1.807) is 42.5 Å². The van der Waals surface area contributed by atoms with Crippen LogP contribution in [0.4, 0.5) is 0 Å². The van der Waals surface area contributed by atoms with Crippen molar-refractivity contribution in [3.63, 3.8) is 0 Å². The Balaban J connectivity index is 4.61. The Bertz CT molecular complexity index is 1210. The summed E-state index contributed by atoms with van der Waals surface area (Å²) in [5.41, 5.74) is 0. The van der Waals surface area contributed by atoms with Crippen LogP contribution >= 0.6 is 7.82 Å². The Morgan fingerprint density at radius 2 is 1.25 bits per heavy atom. The maximum atomic E-state index is 12.6. The van der Waals surface area contributed by atoms with Crippen LogP contribution in [-0.4, -0.2) is 88.1 Å². The van der Waals surface area contributed by atoms with Gasteiger partial charge in [-0.05, 0) is 44.4 Å². The van der Waals surface area contributed by atoms with Crippen molar-refractivity contribution in [3.05, 3.63) is 72.9 Å². The largest absolute Gasteiger partial charge is 0.472 e. The first-order valence-corrected chi connectivity index (χ1v) is 22.0. The molecule has 0 spiro atoms. The van der Waals surface area contributed by atoms with Crippen LogP contribution in [-0.2, 0) is 32.7 Å². The summed E-state index contributed by atoms with van der Waals surface area (Å²) < 4.78 is 32.5. The van der Waals surface area contributed by atoms with E-state index in [4.69, 9.17) is 19.1 Å². The predicted molar refractivity (Wildman–Crippen MR) is 222 cm³/mol. The fourth-order valence-corrected chi connectivity index (χ4v) is 5.78. The highest BCUT2D eigenvalue weighted by atomic mass is 31.2. The first-order valence-electron chi connectivity index (χ1n) is 20.5. The number of hydrogen-bond acceptors (Lipinski definition) is 11. The van der Waals surface area contributed by atoms with Crippen molar-refractivity contribution in [3.8, 4) is 0 Å². The van der Waals surface area contributed by atoms with Crippen LogP contribution in [0.15, 0.2) is 72.9 Å². The summed E-state index contributed by atoms with van der Waals surface area (Å²) in [4.78, 5) is 34.9. The quantitative estimate of drug-likeness (QED) is 0.0134. The number of aliphatic hydroxyl groups excluding tert-OH is 4. The molecule has 0 rings (SSSR count). The summed E-state index contributed by atoms with van der Waals surface area (Å²) in [5.74, 6) is -0.303. The van der Waals surface area contributed by atoms with E-state index in [0.29, 0.717) is 32.1 Å². The van der Waals surface area contributed by atoms with Gasteiger partial charge in [0, 0.05) is 12.8 Å². The Morgan fingerprint density at radius 3 is 1.86 bits per heavy atom. The van der Waals surface area contributed by atoms with E-state index in [0.717, 1.165) is 31.6 Å². The van der Waals surface area contributed by atoms with Crippen LogP contribution in [0.1, 0.15) is 130 Å². The van der Waals surface area contributed by atoms with E-state index < -0.39 is 64.0 Å². The van der Waals surface area contributed by atoms with Gasteiger partial charge >= 0.3 is 19.8 Å². The molecule has 0 aliphatic heterocycles. The van der Waals surface area contributed by atoms with Crippen molar-refractivity contribution in [1.29, 1.82) is 0 Å². The molecule has 0 heterocycles. The summed E-state index contributed by atoms with van der Waals surface area (Å²) >= 11 is 0. The standard InChI is InChI=1S/C43H73O12P/c1-4-6-19-27-38(45)29-22-17-18-23-30-39(46)28-21-14-11-12-16-25-32-43(49)55-41(36-54-56(50,51)53-34-40(47)33-44)35-52-42(48)31-24-15-10-8-7-9-13-20-26-37(3)5-2/h6,12,14,16-19,21-23,29-30,37-41,44-47H,4-5,7-11,13,15,20,24-28,31-36H2,1-3H3,(H,50,51)/b16-12-,18-17-,19-6-,21-14-,29-22+,30-23+/t37?,38-,39+,40-,41+/m0/s1. The van der Waals surface area contributed by atoms with E-state index in [1.807, 2.05) is 37.3 Å². The van der Waals surface area contributed by atoms with Gasteiger partial charge in [0.25, 0.3) is 0 Å². The van der Waals surface area contributed by atoms with Gasteiger partial charge in [-0.3, -0.25) is 18.6 Å². The molecular weight excluding hydrogens is 739 g/mol. The molecule has 5 N–H and O–H groups in total. The van der Waals surface area contributed by atoms with Crippen LogP contribution < -0.4 is 0 Å². The van der Waals surface area contributed by atoms with Crippen LogP contribution in [0, 0.1) is 5.92 Å². The van der Waals surface area contributed by atoms with E-state index in [9.17, 15) is 34.4 Å². The molecule has 322 valence electrons. The Labute approximate surface area is 336 Å². The Hall–Kier alpha value is -2.67. The summed E-state index contributed by atoms with van der Waals surface area (Å²) in [5, 5.41) is 38.2. The number of phosphoric acid groups is 1. The molecule has 0 radical (unpaired) electrons. The van der Waals surface area contributed by atoms with Crippen molar-refractivity contribution in [2.75, 3.05) is 26.4 Å². The molecule has 0 aromatic carbocycles. The van der Waals surface area contributed by atoms with Crippen molar-refractivity contribution in [1.82, 2.24) is 0 Å². The fourth-order valence-electron chi connectivity index (χ4n) is 4.99. The Morgan fingerprint density at radius 1 is 0.679 bits per heavy atom. The number of aliphatic hydroxyl groups is 4. The van der Waals surface area contributed by atoms with Crippen molar-refractivity contribution in [2.24, 2.45) is 5.92 Å². The lowest BCUT2D eigenvalue weighted by molar-refractivity contribution is -0.161. The van der Waals surface area contributed by atoms with E-state index in [2.05, 4.69) is 18.4 Å². The number of phosphoric ester groups is 1. The molecule has 12 nitrogen and oxygen atoms in total. The van der Waals surface area contributed by atoms with Gasteiger partial charge in [-0.15, -0.1) is 0 Å². The van der Waals surface area contributed by atoms with Crippen LogP contribution in [0.2, 0.25) is 0 Å². The van der Waals surface area contributed by atoms with E-state index >= 15 is 0 Å². The molecule has 0 aromatic rings. The van der Waals surface area contributed by atoms with Gasteiger partial charge in [-0.1, -0.05) is 151 Å². The third kappa shape index (κ3) is 35.7. The zero-order chi connectivity index (χ0) is 41.7. The predicted octanol–water partition coefficient (Wildman–Crippen LogP) is 8.29. The molecule has 0 fully saturated rings. The summed E-state index contributed by atoms with van der Waals surface area (Å²) in [6.45, 7) is 4.26. The number of unbranched alkanes of at least 4 members (excludes halogenated alkanes) is 7. The summed E-state index contributed by atoms with van der Waals surface area (Å²) in [6, 6.07) is 0. The molecule has 0 aromatic heterocycles. The first kappa shape index (κ1) is 53.3. The van der Waals surface area contributed by atoms with Crippen LogP contribution in [0.25, 0.3) is 0 Å². The third-order valence-corrected chi connectivity index (χ3v) is 9.55. The second kappa shape index (κ2) is 36.7. The first-order chi connectivity index (χ1) is 26.9. The number of rotatable bonds is 36. The molecule has 0 aliphatic carbocycles. The second-order valence-electron chi connectivity index (χ2n) is 13.9. The van der Waals surface area contributed by atoms with Gasteiger partial charge < -0.3 is 34.8 Å². The zero-order valence-corrected chi connectivity index (χ0v) is 35.1. The highest BCUT2D eigenvalue weighted by molar-refractivity contribution is 7.47. The topological polar surface area (TPSA) is 189 Å². The molecule has 56 heavy (non-hydrogen) atoms. The molecule has 0 saturated heterocycles. The minimum absolute atomic E-state index is 0.000414. The molecule has 2 unspecified atom stereocenters.